The number of hydrogen-bond acceptors (Lipinski definition) is 3. The van der Waals surface area contributed by atoms with Gasteiger partial charge in [0.1, 0.15) is 0 Å². The molecular weight excluding hydrogens is 286 g/mol. The Bertz CT molecular complexity index is 538. The van der Waals surface area contributed by atoms with Gasteiger partial charge in [0, 0.05) is 51.0 Å². The van der Waals surface area contributed by atoms with Crippen LogP contribution in [0, 0.1) is 0 Å². The quantitative estimate of drug-likeness (QED) is 0.647. The number of allylic oxidation sites excluding steroid dienone is 2. The third kappa shape index (κ3) is 5.25. The first-order valence-corrected chi connectivity index (χ1v) is 8.44. The molecule has 1 amide bonds. The second-order valence-corrected chi connectivity index (χ2v) is 5.56. The first kappa shape index (κ1) is 17.3. The van der Waals surface area contributed by atoms with Crippen molar-refractivity contribution < 1.29 is 4.79 Å². The second-order valence-electron chi connectivity index (χ2n) is 5.56. The topological polar surface area (TPSA) is 35.6 Å². The molecule has 1 aliphatic rings. The summed E-state index contributed by atoms with van der Waals surface area (Å²) in [5, 5.41) is 3.36. The van der Waals surface area contributed by atoms with Crippen LogP contribution in [0.25, 0.3) is 6.08 Å². The Hall–Kier alpha value is -2.07. The number of hydrogen-bond donors (Lipinski definition) is 1. The maximum absolute atomic E-state index is 11.8. The average molecular weight is 313 g/mol. The predicted octanol–water partition coefficient (Wildman–Crippen LogP) is 2.53. The molecule has 4 nitrogen and oxygen atoms in total. The van der Waals surface area contributed by atoms with Crippen molar-refractivity contribution in [3.05, 3.63) is 48.1 Å². The molecular formula is C19H27N3O. The number of nitrogens with zero attached hydrogens (tertiary/aromatic N) is 2. The fraction of sp³-hybridized carbons (Fsp3) is 0.421. The number of anilines is 1. The van der Waals surface area contributed by atoms with E-state index >= 15 is 0 Å². The first-order chi connectivity index (χ1) is 11.2. The number of benzene rings is 1. The van der Waals surface area contributed by atoms with E-state index < -0.39 is 0 Å². The van der Waals surface area contributed by atoms with E-state index in [0.29, 0.717) is 0 Å². The van der Waals surface area contributed by atoms with Crippen molar-refractivity contribution in [2.45, 2.75) is 13.8 Å². The highest BCUT2D eigenvalue weighted by Crippen LogP contribution is 2.16. The van der Waals surface area contributed by atoms with Crippen LogP contribution in [-0.2, 0) is 4.79 Å². The zero-order chi connectivity index (χ0) is 16.5. The van der Waals surface area contributed by atoms with Gasteiger partial charge in [-0.3, -0.25) is 4.79 Å². The second kappa shape index (κ2) is 9.16. The van der Waals surface area contributed by atoms with Crippen LogP contribution in [0.15, 0.2) is 42.5 Å². The molecule has 23 heavy (non-hydrogen) atoms. The molecule has 4 heteroatoms. The van der Waals surface area contributed by atoms with E-state index in [-0.39, 0.29) is 5.91 Å². The molecule has 1 aliphatic heterocycles. The molecule has 1 heterocycles. The van der Waals surface area contributed by atoms with Gasteiger partial charge < -0.3 is 15.1 Å². The highest BCUT2D eigenvalue weighted by molar-refractivity contribution is 5.88. The molecule has 0 radical (unpaired) electrons. The normalized spacial score (nSPS) is 15.5. The number of rotatable bonds is 6. The lowest BCUT2D eigenvalue weighted by atomic mass is 10.1. The van der Waals surface area contributed by atoms with Gasteiger partial charge in [-0.2, -0.15) is 0 Å². The fourth-order valence-electron chi connectivity index (χ4n) is 2.66. The molecule has 0 bridgehead atoms. The molecule has 0 spiro atoms. The van der Waals surface area contributed by atoms with Crippen molar-refractivity contribution in [1.29, 1.82) is 0 Å². The van der Waals surface area contributed by atoms with Crippen LogP contribution in [0.4, 0.5) is 5.69 Å². The molecule has 1 N–H and O–H groups in total. The van der Waals surface area contributed by atoms with Crippen LogP contribution in [0.1, 0.15) is 19.4 Å². The third-order valence-electron chi connectivity index (χ3n) is 4.09. The van der Waals surface area contributed by atoms with E-state index in [2.05, 4.69) is 34.5 Å². The monoisotopic (exact) mass is 313 g/mol. The maximum atomic E-state index is 11.8. The van der Waals surface area contributed by atoms with E-state index in [1.807, 2.05) is 32.1 Å². The van der Waals surface area contributed by atoms with Gasteiger partial charge in [-0.25, -0.2) is 0 Å². The van der Waals surface area contributed by atoms with Crippen LogP contribution >= 0.6 is 0 Å². The Labute approximate surface area is 139 Å². The number of amides is 1. The van der Waals surface area contributed by atoms with Crippen LogP contribution in [0.5, 0.6) is 0 Å². The Balaban J connectivity index is 1.88. The summed E-state index contributed by atoms with van der Waals surface area (Å²) in [6.45, 7) is 9.70. The molecule has 0 unspecified atom stereocenters. The highest BCUT2D eigenvalue weighted by atomic mass is 16.2. The molecule has 0 atom stereocenters. The summed E-state index contributed by atoms with van der Waals surface area (Å²) in [4.78, 5) is 16.0. The fourth-order valence-corrected chi connectivity index (χ4v) is 2.66. The summed E-state index contributed by atoms with van der Waals surface area (Å²) >= 11 is 0. The van der Waals surface area contributed by atoms with Crippen molar-refractivity contribution in [2.75, 3.05) is 44.2 Å². The van der Waals surface area contributed by atoms with Gasteiger partial charge in [-0.1, -0.05) is 30.4 Å². The van der Waals surface area contributed by atoms with Gasteiger partial charge in [0.25, 0.3) is 0 Å². The van der Waals surface area contributed by atoms with Crippen molar-refractivity contribution in [1.82, 2.24) is 10.2 Å². The predicted molar refractivity (Wildman–Crippen MR) is 97.6 cm³/mol. The molecule has 124 valence electrons. The molecule has 1 fully saturated rings. The molecule has 1 aromatic rings. The van der Waals surface area contributed by atoms with Crippen molar-refractivity contribution >= 4 is 17.7 Å². The SMILES string of the molecule is CCN(CC)C(=O)/C=C/C=C/c1ccc(N2CCNCC2)cc1. The van der Waals surface area contributed by atoms with Gasteiger partial charge in [0.15, 0.2) is 0 Å². The zero-order valence-corrected chi connectivity index (χ0v) is 14.2. The largest absolute Gasteiger partial charge is 0.369 e. The molecule has 0 saturated carbocycles. The van der Waals surface area contributed by atoms with Gasteiger partial charge in [-0.05, 0) is 31.5 Å². The van der Waals surface area contributed by atoms with E-state index in [1.54, 1.807) is 11.0 Å². The zero-order valence-electron chi connectivity index (χ0n) is 14.2. The van der Waals surface area contributed by atoms with Gasteiger partial charge in [0.05, 0.1) is 0 Å². The lowest BCUT2D eigenvalue weighted by Crippen LogP contribution is -2.43. The summed E-state index contributed by atoms with van der Waals surface area (Å²) in [7, 11) is 0. The van der Waals surface area contributed by atoms with E-state index in [9.17, 15) is 4.79 Å². The minimum atomic E-state index is 0.0636. The minimum Gasteiger partial charge on any atom is -0.369 e. The van der Waals surface area contributed by atoms with Crippen LogP contribution in [-0.4, -0.2) is 50.1 Å². The number of nitrogens with one attached hydrogen (secondary N) is 1. The van der Waals surface area contributed by atoms with E-state index in [0.717, 1.165) is 44.8 Å². The number of carbonyl (C=O) groups excluding carboxylic acids is 1. The summed E-state index contributed by atoms with van der Waals surface area (Å²) in [6, 6.07) is 8.56. The van der Waals surface area contributed by atoms with Gasteiger partial charge in [0.2, 0.25) is 5.91 Å². The lowest BCUT2D eigenvalue weighted by molar-refractivity contribution is -0.125. The molecule has 2 rings (SSSR count). The standard InChI is InChI=1S/C19H27N3O/c1-3-21(4-2)19(23)8-6-5-7-17-9-11-18(12-10-17)22-15-13-20-14-16-22/h5-12,20H,3-4,13-16H2,1-2H3/b7-5+,8-6+. The van der Waals surface area contributed by atoms with Crippen molar-refractivity contribution in [3.8, 4) is 0 Å². The number of piperazine rings is 1. The smallest absolute Gasteiger partial charge is 0.246 e. The average Bonchev–Trinajstić information content (AvgIpc) is 2.61. The Morgan fingerprint density at radius 3 is 2.39 bits per heavy atom. The van der Waals surface area contributed by atoms with E-state index in [4.69, 9.17) is 0 Å². The molecule has 0 aromatic heterocycles. The molecule has 1 saturated heterocycles. The van der Waals surface area contributed by atoms with Crippen LogP contribution in [0.2, 0.25) is 0 Å². The number of carbonyl (C=O) groups is 1. The Morgan fingerprint density at radius 1 is 1.13 bits per heavy atom. The Morgan fingerprint density at radius 2 is 1.78 bits per heavy atom. The first-order valence-electron chi connectivity index (χ1n) is 8.44. The summed E-state index contributed by atoms with van der Waals surface area (Å²) in [5.74, 6) is 0.0636. The summed E-state index contributed by atoms with van der Waals surface area (Å²) in [5.41, 5.74) is 2.42. The summed E-state index contributed by atoms with van der Waals surface area (Å²) < 4.78 is 0. The summed E-state index contributed by atoms with van der Waals surface area (Å²) in [6.07, 6.45) is 7.37. The Kier molecular flexibility index (Phi) is 6.88. The van der Waals surface area contributed by atoms with Gasteiger partial charge in [-0.15, -0.1) is 0 Å². The third-order valence-corrected chi connectivity index (χ3v) is 4.09. The van der Waals surface area contributed by atoms with Crippen LogP contribution < -0.4 is 10.2 Å². The van der Waals surface area contributed by atoms with Crippen LogP contribution in [0.3, 0.4) is 0 Å². The lowest BCUT2D eigenvalue weighted by Gasteiger charge is -2.29. The minimum absolute atomic E-state index is 0.0636. The molecule has 1 aromatic carbocycles. The van der Waals surface area contributed by atoms with Crippen molar-refractivity contribution in [2.24, 2.45) is 0 Å². The highest BCUT2D eigenvalue weighted by Gasteiger charge is 2.09. The maximum Gasteiger partial charge on any atom is 0.246 e. The van der Waals surface area contributed by atoms with Crippen molar-refractivity contribution in [3.63, 3.8) is 0 Å². The number of likely N-dealkylation sites (N-methyl/N-ethyl adjacent to an activating group) is 1. The molecule has 0 aliphatic carbocycles. The van der Waals surface area contributed by atoms with Gasteiger partial charge >= 0.3 is 0 Å². The van der Waals surface area contributed by atoms with E-state index in [1.165, 1.54) is 5.69 Å².